The summed E-state index contributed by atoms with van der Waals surface area (Å²) < 4.78 is 0. The summed E-state index contributed by atoms with van der Waals surface area (Å²) in [5, 5.41) is 10.9. The number of pyridine rings is 1. The molecule has 316 valence electrons. The second-order valence-electron chi connectivity index (χ2n) is 17.3. The van der Waals surface area contributed by atoms with Gasteiger partial charge in [-0.2, -0.15) is 0 Å². The Morgan fingerprint density at radius 3 is 1.34 bits per heavy atom. The molecule has 0 fully saturated rings. The van der Waals surface area contributed by atoms with Crippen LogP contribution in [0, 0.1) is 0 Å². The minimum Gasteiger partial charge on any atom is -0.246 e. The number of rotatable bonds is 7. The van der Waals surface area contributed by atoms with Gasteiger partial charge in [0.1, 0.15) is 0 Å². The van der Waals surface area contributed by atoms with E-state index in [2.05, 4.69) is 206 Å². The molecule has 0 spiro atoms. The van der Waals surface area contributed by atoms with E-state index in [1.54, 1.807) is 0 Å². The molecule has 2 heterocycles. The third-order valence-electron chi connectivity index (χ3n) is 13.3. The van der Waals surface area contributed by atoms with Gasteiger partial charge in [-0.15, -0.1) is 0 Å². The van der Waals surface area contributed by atoms with Crippen LogP contribution in [0.1, 0.15) is 0 Å². The van der Waals surface area contributed by atoms with Crippen molar-refractivity contribution in [3.05, 3.63) is 243 Å². The van der Waals surface area contributed by atoms with Crippen molar-refractivity contribution in [3.63, 3.8) is 0 Å². The highest BCUT2D eigenvalue weighted by molar-refractivity contribution is 6.24. The first kappa shape index (κ1) is 39.3. The van der Waals surface area contributed by atoms with Gasteiger partial charge in [0, 0.05) is 44.0 Å². The van der Waals surface area contributed by atoms with Gasteiger partial charge in [-0.1, -0.05) is 237 Å². The highest BCUT2D eigenvalue weighted by atomic mass is 15.0. The Morgan fingerprint density at radius 1 is 0.221 bits per heavy atom. The number of fused-ring (bicyclic) bond motifs is 8. The van der Waals surface area contributed by atoms with Crippen LogP contribution >= 0.6 is 0 Å². The maximum absolute atomic E-state index is 5.61. The smallest absolute Gasteiger partial charge is 0.164 e. The van der Waals surface area contributed by atoms with Crippen LogP contribution in [-0.2, 0) is 0 Å². The zero-order chi connectivity index (χ0) is 45.0. The second-order valence-corrected chi connectivity index (χ2v) is 17.3. The maximum atomic E-state index is 5.61. The van der Waals surface area contributed by atoms with E-state index in [9.17, 15) is 0 Å². The molecule has 0 saturated carbocycles. The van der Waals surface area contributed by atoms with Crippen LogP contribution < -0.4 is 0 Å². The Labute approximate surface area is 393 Å². The molecule has 0 N–H and O–H groups in total. The first-order valence-corrected chi connectivity index (χ1v) is 23.0. The minimum atomic E-state index is 0.614. The van der Waals surface area contributed by atoms with E-state index >= 15 is 0 Å². The Bertz CT molecular complexity index is 4040. The lowest BCUT2D eigenvalue weighted by Crippen LogP contribution is -2.00. The van der Waals surface area contributed by atoms with E-state index < -0.39 is 0 Å². The molecule has 11 aromatic carbocycles. The van der Waals surface area contributed by atoms with Gasteiger partial charge in [0.15, 0.2) is 17.5 Å². The molecule has 0 atom stereocenters. The summed E-state index contributed by atoms with van der Waals surface area (Å²) in [5.74, 6) is 1.87. The normalized spacial score (nSPS) is 11.5. The molecule has 0 saturated heterocycles. The number of hydrogen-bond acceptors (Lipinski definition) is 4. The van der Waals surface area contributed by atoms with E-state index in [1.165, 1.54) is 54.4 Å². The first-order chi connectivity index (χ1) is 33.7. The van der Waals surface area contributed by atoms with E-state index in [0.717, 1.165) is 60.9 Å². The summed E-state index contributed by atoms with van der Waals surface area (Å²) >= 11 is 0. The van der Waals surface area contributed by atoms with Gasteiger partial charge in [-0.25, -0.2) is 19.9 Å². The topological polar surface area (TPSA) is 51.6 Å². The van der Waals surface area contributed by atoms with Gasteiger partial charge in [0.25, 0.3) is 0 Å². The Morgan fingerprint density at radius 2 is 0.676 bits per heavy atom. The summed E-state index contributed by atoms with van der Waals surface area (Å²) in [5.41, 5.74) is 12.6. The van der Waals surface area contributed by atoms with Crippen molar-refractivity contribution in [1.82, 2.24) is 19.9 Å². The van der Waals surface area contributed by atoms with Crippen LogP contribution in [0.2, 0.25) is 0 Å². The molecule has 0 unspecified atom stereocenters. The first-order valence-electron chi connectivity index (χ1n) is 23.0. The monoisotopic (exact) mass is 864 g/mol. The van der Waals surface area contributed by atoms with Gasteiger partial charge in [-0.05, 0) is 66.2 Å². The van der Waals surface area contributed by atoms with Crippen LogP contribution in [0.5, 0.6) is 0 Å². The molecular formula is C64H40N4. The highest BCUT2D eigenvalue weighted by Crippen LogP contribution is 2.42. The Kier molecular flexibility index (Phi) is 9.47. The minimum absolute atomic E-state index is 0.614. The third kappa shape index (κ3) is 6.86. The Hall–Kier alpha value is -9.12. The van der Waals surface area contributed by atoms with Crippen molar-refractivity contribution in [1.29, 1.82) is 0 Å². The molecule has 0 aliphatic carbocycles. The molecule has 4 nitrogen and oxygen atoms in total. The van der Waals surface area contributed by atoms with E-state index in [4.69, 9.17) is 19.9 Å². The van der Waals surface area contributed by atoms with Crippen molar-refractivity contribution in [3.8, 4) is 78.8 Å². The average molecular weight is 865 g/mol. The fourth-order valence-electron chi connectivity index (χ4n) is 9.94. The van der Waals surface area contributed by atoms with Crippen LogP contribution in [0.25, 0.3) is 133 Å². The van der Waals surface area contributed by atoms with Crippen LogP contribution in [0.3, 0.4) is 0 Å². The number of nitrogens with zero attached hydrogens (tertiary/aromatic N) is 4. The molecule has 13 aromatic rings. The molecule has 0 aliphatic rings. The Balaban J connectivity index is 0.923. The van der Waals surface area contributed by atoms with Gasteiger partial charge >= 0.3 is 0 Å². The lowest BCUT2D eigenvalue weighted by atomic mass is 9.91. The van der Waals surface area contributed by atoms with Gasteiger partial charge in [0.05, 0.1) is 11.2 Å². The van der Waals surface area contributed by atoms with Crippen LogP contribution in [0.4, 0.5) is 0 Å². The van der Waals surface area contributed by atoms with Crippen LogP contribution in [0.15, 0.2) is 243 Å². The van der Waals surface area contributed by atoms with Crippen molar-refractivity contribution >= 4 is 54.0 Å². The number of hydrogen-bond donors (Lipinski definition) is 0. The quantitative estimate of drug-likeness (QED) is 0.150. The molecule has 0 bridgehead atoms. The molecule has 2 aromatic heterocycles. The van der Waals surface area contributed by atoms with Gasteiger partial charge in [0.2, 0.25) is 0 Å². The number of aromatic nitrogens is 4. The van der Waals surface area contributed by atoms with Crippen molar-refractivity contribution in [2.45, 2.75) is 0 Å². The fourth-order valence-corrected chi connectivity index (χ4v) is 9.94. The van der Waals surface area contributed by atoms with Gasteiger partial charge in [-0.3, -0.25) is 0 Å². The SMILES string of the molecule is c1ccc(-c2ccc(-c3nc(-c4ccccc4)nc(-c4ccc(-c5cccc6c5nc(-c5ccc(-c7cc8ccccc8c8ccccc78)cc5)c5ccc7ccccc7c56)cc4)n3)cc2)cc1. The third-order valence-corrected chi connectivity index (χ3v) is 13.3. The summed E-state index contributed by atoms with van der Waals surface area (Å²) in [4.78, 5) is 20.7. The largest absolute Gasteiger partial charge is 0.246 e. The van der Waals surface area contributed by atoms with Crippen molar-refractivity contribution in [2.24, 2.45) is 0 Å². The zero-order valence-electron chi connectivity index (χ0n) is 36.9. The molecule has 0 radical (unpaired) electrons. The zero-order valence-corrected chi connectivity index (χ0v) is 36.9. The second kappa shape index (κ2) is 16.4. The number of benzene rings is 11. The molecule has 0 aliphatic heterocycles. The van der Waals surface area contributed by atoms with Crippen molar-refractivity contribution < 1.29 is 0 Å². The number of para-hydroxylation sites is 1. The summed E-state index contributed by atoms with van der Waals surface area (Å²) in [7, 11) is 0. The summed E-state index contributed by atoms with van der Waals surface area (Å²) in [6.45, 7) is 0. The predicted molar refractivity (Wildman–Crippen MR) is 283 cm³/mol. The van der Waals surface area contributed by atoms with E-state index in [-0.39, 0.29) is 0 Å². The molecule has 68 heavy (non-hydrogen) atoms. The average Bonchev–Trinajstić information content (AvgIpc) is 3.42. The molecule has 0 amide bonds. The van der Waals surface area contributed by atoms with E-state index in [1.807, 2.05) is 36.4 Å². The summed E-state index contributed by atoms with van der Waals surface area (Å²) in [6, 6.07) is 86.0. The molecular weight excluding hydrogens is 825 g/mol. The standard InChI is InChI=1S/C64H40N4/c1-3-14-41(15-4-1)42-26-34-48(35-27-42)63-66-62(47-17-5-2-6-18-47)67-64(68-63)49-36-30-44(31-37-49)53-24-13-25-56-59-52-21-10-7-16-43(52)38-39-57(59)60(65-61(53)56)46-32-28-45(29-33-46)58-40-50-19-8-9-20-51(50)54-22-11-12-23-55(54)58/h1-40H. The predicted octanol–water partition coefficient (Wildman–Crippen LogP) is 16.7. The molecule has 4 heteroatoms. The summed E-state index contributed by atoms with van der Waals surface area (Å²) in [6.07, 6.45) is 0. The fraction of sp³-hybridized carbons (Fsp3) is 0. The molecule has 13 rings (SSSR count). The van der Waals surface area contributed by atoms with E-state index in [0.29, 0.717) is 17.5 Å². The van der Waals surface area contributed by atoms with Crippen LogP contribution in [-0.4, -0.2) is 19.9 Å². The lowest BCUT2D eigenvalue weighted by molar-refractivity contribution is 1.07. The van der Waals surface area contributed by atoms with Crippen molar-refractivity contribution in [2.75, 3.05) is 0 Å². The highest BCUT2D eigenvalue weighted by Gasteiger charge is 2.18. The van der Waals surface area contributed by atoms with Gasteiger partial charge < -0.3 is 0 Å². The lowest BCUT2D eigenvalue weighted by Gasteiger charge is -2.16. The maximum Gasteiger partial charge on any atom is 0.164 e.